The average Bonchev–Trinajstić information content (AvgIpc) is 3.50. The van der Waals surface area contributed by atoms with Crippen LogP contribution in [0.4, 0.5) is 5.13 Å². The maximum absolute atomic E-state index is 12.9. The van der Waals surface area contributed by atoms with Crippen LogP contribution < -0.4 is 5.32 Å². The fourth-order valence-corrected chi connectivity index (χ4v) is 6.80. The summed E-state index contributed by atoms with van der Waals surface area (Å²) in [5.41, 5.74) is 3.72. The van der Waals surface area contributed by atoms with Crippen LogP contribution in [-0.2, 0) is 16.4 Å². The lowest BCUT2D eigenvalue weighted by atomic mass is 10.1. The van der Waals surface area contributed by atoms with Crippen molar-refractivity contribution >= 4 is 32.4 Å². The highest BCUT2D eigenvalue weighted by molar-refractivity contribution is 7.89. The Morgan fingerprint density at radius 2 is 1.81 bits per heavy atom. The molecular weight excluding hydrogens is 430 g/mol. The highest BCUT2D eigenvalue weighted by atomic mass is 32.2. The Morgan fingerprint density at radius 1 is 1.10 bits per heavy atom. The molecule has 0 radical (unpaired) electrons. The third kappa shape index (κ3) is 3.69. The minimum absolute atomic E-state index is 0.0601. The van der Waals surface area contributed by atoms with Gasteiger partial charge in [0.1, 0.15) is 0 Å². The number of carbonyl (C=O) groups excluding carboxylic acids is 1. The second kappa shape index (κ2) is 7.85. The summed E-state index contributed by atoms with van der Waals surface area (Å²) in [5.74, 6) is -0.297. The highest BCUT2D eigenvalue weighted by Crippen LogP contribution is 2.40. The van der Waals surface area contributed by atoms with E-state index < -0.39 is 10.0 Å². The number of fused-ring (bicyclic) bond motifs is 3. The monoisotopic (exact) mass is 453 g/mol. The Kier molecular flexibility index (Phi) is 5.16. The summed E-state index contributed by atoms with van der Waals surface area (Å²) in [5, 5.41) is 3.41. The van der Waals surface area contributed by atoms with Crippen LogP contribution in [0.1, 0.15) is 46.5 Å². The number of thiazole rings is 1. The van der Waals surface area contributed by atoms with Gasteiger partial charge in [-0.05, 0) is 42.7 Å². The van der Waals surface area contributed by atoms with Gasteiger partial charge >= 0.3 is 0 Å². The van der Waals surface area contributed by atoms with Gasteiger partial charge < -0.3 is 0 Å². The number of nitrogens with one attached hydrogen (secondary N) is 1. The van der Waals surface area contributed by atoms with Crippen molar-refractivity contribution in [3.8, 4) is 11.3 Å². The maximum atomic E-state index is 12.9. The number of rotatable bonds is 5. The van der Waals surface area contributed by atoms with Crippen LogP contribution in [0.2, 0.25) is 0 Å². The van der Waals surface area contributed by atoms with E-state index in [1.54, 1.807) is 19.2 Å². The van der Waals surface area contributed by atoms with E-state index in [1.165, 1.54) is 33.3 Å². The number of hydrogen-bond acceptors (Lipinski definition) is 5. The van der Waals surface area contributed by atoms with Crippen molar-refractivity contribution in [2.75, 3.05) is 12.4 Å². The lowest BCUT2D eigenvalue weighted by molar-refractivity contribution is 0.102. The van der Waals surface area contributed by atoms with E-state index >= 15 is 0 Å². The minimum atomic E-state index is -3.56. The molecule has 1 heterocycles. The Hall–Kier alpha value is -2.55. The third-order valence-corrected chi connectivity index (χ3v) is 9.07. The number of anilines is 1. The van der Waals surface area contributed by atoms with Crippen molar-refractivity contribution < 1.29 is 13.2 Å². The van der Waals surface area contributed by atoms with Gasteiger partial charge in [0.2, 0.25) is 10.0 Å². The molecule has 0 atom stereocenters. The number of sulfonamides is 1. The Morgan fingerprint density at radius 3 is 2.55 bits per heavy atom. The summed E-state index contributed by atoms with van der Waals surface area (Å²) in [6, 6.07) is 14.4. The summed E-state index contributed by atoms with van der Waals surface area (Å²) in [6.45, 7) is 0. The lowest BCUT2D eigenvalue weighted by Crippen LogP contribution is -2.35. The first kappa shape index (κ1) is 20.4. The molecule has 8 heteroatoms. The SMILES string of the molecule is CN(C1CCCC1)S(=O)(=O)c1ccc(C(=O)Nc2nc3c(s2)Cc2ccccc2-3)cc1. The number of nitrogens with zero attached hydrogens (tertiary/aromatic N) is 2. The summed E-state index contributed by atoms with van der Waals surface area (Å²) in [6.07, 6.45) is 4.77. The molecule has 160 valence electrons. The van der Waals surface area contributed by atoms with Gasteiger partial charge in [-0.2, -0.15) is 4.31 Å². The second-order valence-corrected chi connectivity index (χ2v) is 11.1. The standard InChI is InChI=1S/C23H23N3O3S2/c1-26(17-7-3-4-8-17)31(28,29)18-12-10-15(11-13-18)22(27)25-23-24-21-19-9-5-2-6-16(19)14-20(21)30-23/h2,5-6,9-13,17H,3-4,7-8,14H2,1H3,(H,24,25,27). The predicted molar refractivity (Wildman–Crippen MR) is 122 cm³/mol. The number of benzene rings is 2. The first-order chi connectivity index (χ1) is 14.9. The fraction of sp³-hybridized carbons (Fsp3) is 0.304. The molecule has 2 aliphatic carbocycles. The van der Waals surface area contributed by atoms with E-state index in [9.17, 15) is 13.2 Å². The molecule has 0 saturated heterocycles. The molecule has 6 nitrogen and oxygen atoms in total. The average molecular weight is 454 g/mol. The molecule has 3 aromatic rings. The van der Waals surface area contributed by atoms with Crippen molar-refractivity contribution in [2.45, 2.75) is 43.0 Å². The van der Waals surface area contributed by atoms with Crippen LogP contribution in [-0.4, -0.2) is 36.7 Å². The Bertz CT molecular complexity index is 1240. The zero-order valence-electron chi connectivity index (χ0n) is 17.2. The van der Waals surface area contributed by atoms with E-state index in [0.29, 0.717) is 10.7 Å². The van der Waals surface area contributed by atoms with Crippen LogP contribution >= 0.6 is 11.3 Å². The molecule has 1 saturated carbocycles. The van der Waals surface area contributed by atoms with Crippen molar-refractivity contribution in [1.29, 1.82) is 0 Å². The first-order valence-electron chi connectivity index (χ1n) is 10.4. The van der Waals surface area contributed by atoms with Gasteiger partial charge in [-0.3, -0.25) is 10.1 Å². The number of hydrogen-bond donors (Lipinski definition) is 1. The third-order valence-electron chi connectivity index (χ3n) is 6.17. The summed E-state index contributed by atoms with van der Waals surface area (Å²) < 4.78 is 27.3. The normalized spacial score (nSPS) is 15.8. The van der Waals surface area contributed by atoms with E-state index in [4.69, 9.17) is 0 Å². The van der Waals surface area contributed by atoms with Crippen LogP contribution in [0.3, 0.4) is 0 Å². The molecule has 0 aliphatic heterocycles. The van der Waals surface area contributed by atoms with Gasteiger partial charge in [0, 0.05) is 35.5 Å². The molecule has 1 amide bonds. The van der Waals surface area contributed by atoms with Crippen molar-refractivity contribution in [2.24, 2.45) is 0 Å². The van der Waals surface area contributed by atoms with Gasteiger partial charge in [-0.1, -0.05) is 37.1 Å². The summed E-state index contributed by atoms with van der Waals surface area (Å²) >= 11 is 1.48. The molecule has 0 spiro atoms. The topological polar surface area (TPSA) is 79.4 Å². The zero-order chi connectivity index (χ0) is 21.6. The summed E-state index contributed by atoms with van der Waals surface area (Å²) in [7, 11) is -1.91. The van der Waals surface area contributed by atoms with Crippen LogP contribution in [0.15, 0.2) is 53.4 Å². The lowest BCUT2D eigenvalue weighted by Gasteiger charge is -2.23. The van der Waals surface area contributed by atoms with Crippen LogP contribution in [0.25, 0.3) is 11.3 Å². The van der Waals surface area contributed by atoms with Crippen molar-refractivity contribution in [1.82, 2.24) is 9.29 Å². The Labute approximate surface area is 186 Å². The van der Waals surface area contributed by atoms with E-state index in [1.807, 2.05) is 18.2 Å². The second-order valence-electron chi connectivity index (χ2n) is 8.06. The summed E-state index contributed by atoms with van der Waals surface area (Å²) in [4.78, 5) is 18.6. The molecule has 1 fully saturated rings. The highest BCUT2D eigenvalue weighted by Gasteiger charge is 2.30. The largest absolute Gasteiger partial charge is 0.298 e. The van der Waals surface area contributed by atoms with Crippen molar-refractivity contribution in [3.63, 3.8) is 0 Å². The molecule has 2 aromatic carbocycles. The molecule has 5 rings (SSSR count). The van der Waals surface area contributed by atoms with E-state index in [2.05, 4.69) is 16.4 Å². The van der Waals surface area contributed by atoms with Gasteiger partial charge in [0.05, 0.1) is 10.6 Å². The fourth-order valence-electron chi connectivity index (χ4n) is 4.39. The van der Waals surface area contributed by atoms with Gasteiger partial charge in [-0.25, -0.2) is 13.4 Å². The molecule has 2 aliphatic rings. The predicted octanol–water partition coefficient (Wildman–Crippen LogP) is 4.53. The van der Waals surface area contributed by atoms with E-state index in [0.717, 1.165) is 48.2 Å². The molecule has 1 N–H and O–H groups in total. The number of amides is 1. The molecule has 0 unspecified atom stereocenters. The first-order valence-corrected chi connectivity index (χ1v) is 12.7. The van der Waals surface area contributed by atoms with Crippen LogP contribution in [0.5, 0.6) is 0 Å². The molecule has 1 aromatic heterocycles. The molecule has 0 bridgehead atoms. The van der Waals surface area contributed by atoms with Crippen LogP contribution in [0, 0.1) is 0 Å². The molecular formula is C23H23N3O3S2. The smallest absolute Gasteiger partial charge is 0.257 e. The van der Waals surface area contributed by atoms with Crippen molar-refractivity contribution in [3.05, 3.63) is 64.5 Å². The molecule has 31 heavy (non-hydrogen) atoms. The zero-order valence-corrected chi connectivity index (χ0v) is 18.8. The maximum Gasteiger partial charge on any atom is 0.257 e. The number of aromatic nitrogens is 1. The van der Waals surface area contributed by atoms with Gasteiger partial charge in [-0.15, -0.1) is 11.3 Å². The van der Waals surface area contributed by atoms with E-state index in [-0.39, 0.29) is 16.8 Å². The Balaban J connectivity index is 1.30. The van der Waals surface area contributed by atoms with Gasteiger partial charge in [0.25, 0.3) is 5.91 Å². The number of carbonyl (C=O) groups is 1. The van der Waals surface area contributed by atoms with Gasteiger partial charge in [0.15, 0.2) is 5.13 Å². The minimum Gasteiger partial charge on any atom is -0.298 e. The quantitative estimate of drug-likeness (QED) is 0.482.